The number of amides is 2. The molecule has 1 aromatic carbocycles. The molecule has 2 amide bonds. The first-order chi connectivity index (χ1) is 13.0. The summed E-state index contributed by atoms with van der Waals surface area (Å²) in [4.78, 5) is 27.7. The molecule has 2 aromatic rings. The van der Waals surface area contributed by atoms with Crippen LogP contribution in [0.15, 0.2) is 36.4 Å². The van der Waals surface area contributed by atoms with Crippen LogP contribution in [0.25, 0.3) is 0 Å². The van der Waals surface area contributed by atoms with Crippen molar-refractivity contribution in [2.24, 2.45) is 23.7 Å². The molecule has 1 aromatic heterocycles. The highest BCUT2D eigenvalue weighted by Gasteiger charge is 2.60. The van der Waals surface area contributed by atoms with Crippen molar-refractivity contribution in [3.8, 4) is 0 Å². The summed E-state index contributed by atoms with van der Waals surface area (Å²) in [5.74, 6) is 0.0252. The summed E-state index contributed by atoms with van der Waals surface area (Å²) in [6.45, 7) is 6.56. The highest BCUT2D eigenvalue weighted by Crippen LogP contribution is 2.53. The molecule has 2 bridgehead atoms. The molecular weight excluding hydrogens is 338 g/mol. The van der Waals surface area contributed by atoms with Crippen molar-refractivity contribution in [1.29, 1.82) is 0 Å². The normalized spacial score (nSPS) is 28.5. The summed E-state index contributed by atoms with van der Waals surface area (Å²) >= 11 is 0. The van der Waals surface area contributed by atoms with Gasteiger partial charge in [-0.25, -0.2) is 4.90 Å². The number of allylic oxidation sites excluding steroid dienone is 2. The monoisotopic (exact) mass is 361 g/mol. The lowest BCUT2D eigenvalue weighted by molar-refractivity contribution is -0.123. The average molecular weight is 361 g/mol. The molecule has 0 unspecified atom stereocenters. The van der Waals surface area contributed by atoms with Gasteiger partial charge in [0.25, 0.3) is 0 Å². The highest BCUT2D eigenvalue weighted by molar-refractivity contribution is 6.23. The van der Waals surface area contributed by atoms with Crippen LogP contribution in [0.5, 0.6) is 0 Å². The molecule has 0 radical (unpaired) electrons. The molecule has 1 saturated heterocycles. The number of nitrogens with zero attached hydrogens (tertiary/aromatic N) is 3. The van der Waals surface area contributed by atoms with E-state index in [1.807, 2.05) is 30.7 Å². The quantitative estimate of drug-likeness (QED) is 0.623. The predicted molar refractivity (Wildman–Crippen MR) is 102 cm³/mol. The first-order valence-electron chi connectivity index (χ1n) is 9.62. The lowest BCUT2D eigenvalue weighted by Gasteiger charge is -2.18. The van der Waals surface area contributed by atoms with Gasteiger partial charge in [-0.1, -0.05) is 36.4 Å². The molecule has 2 aliphatic carbocycles. The van der Waals surface area contributed by atoms with Gasteiger partial charge in [0.05, 0.1) is 35.5 Å². The lowest BCUT2D eigenvalue weighted by Crippen LogP contribution is -2.33. The van der Waals surface area contributed by atoms with Gasteiger partial charge in [-0.15, -0.1) is 0 Å². The standard InChI is InChI=1S/C22H23N3O2/c1-12-6-4-5-7-17(12)11-24-14(3)20(13(2)23-24)25-21(26)18-15-8-9-16(10-15)19(18)22(25)27/h4-9,15-16,18-19H,10-11H2,1-3H3/t15-,16+,18-,19-/m0/s1. The molecule has 5 rings (SSSR count). The first-order valence-corrected chi connectivity index (χ1v) is 9.62. The van der Waals surface area contributed by atoms with Crippen molar-refractivity contribution < 1.29 is 9.59 Å². The summed E-state index contributed by atoms with van der Waals surface area (Å²) < 4.78 is 1.91. The number of rotatable bonds is 3. The molecule has 5 heteroatoms. The average Bonchev–Trinajstić information content (AvgIpc) is 3.37. The van der Waals surface area contributed by atoms with Crippen LogP contribution >= 0.6 is 0 Å². The Morgan fingerprint density at radius 2 is 1.63 bits per heavy atom. The Kier molecular flexibility index (Phi) is 3.45. The van der Waals surface area contributed by atoms with Crippen LogP contribution in [0.2, 0.25) is 0 Å². The number of imide groups is 1. The van der Waals surface area contributed by atoms with Gasteiger partial charge in [0.1, 0.15) is 0 Å². The number of hydrogen-bond donors (Lipinski definition) is 0. The number of hydrogen-bond acceptors (Lipinski definition) is 3. The molecule has 4 atom stereocenters. The van der Waals surface area contributed by atoms with Crippen LogP contribution < -0.4 is 4.90 Å². The van der Waals surface area contributed by atoms with Crippen LogP contribution in [0, 0.1) is 44.4 Å². The van der Waals surface area contributed by atoms with E-state index in [9.17, 15) is 9.59 Å². The number of aryl methyl sites for hydroxylation is 2. The maximum atomic E-state index is 13.1. The Balaban J connectivity index is 1.52. The Morgan fingerprint density at radius 1 is 1.00 bits per heavy atom. The van der Waals surface area contributed by atoms with E-state index in [2.05, 4.69) is 36.3 Å². The number of aromatic nitrogens is 2. The van der Waals surface area contributed by atoms with Crippen molar-refractivity contribution in [2.45, 2.75) is 33.7 Å². The van der Waals surface area contributed by atoms with Crippen molar-refractivity contribution >= 4 is 17.5 Å². The van der Waals surface area contributed by atoms with E-state index in [4.69, 9.17) is 0 Å². The second-order valence-corrected chi connectivity index (χ2v) is 8.12. The number of carbonyl (C=O) groups excluding carboxylic acids is 2. The minimum Gasteiger partial charge on any atom is -0.274 e. The molecule has 27 heavy (non-hydrogen) atoms. The summed E-state index contributed by atoms with van der Waals surface area (Å²) in [5, 5.41) is 4.66. The maximum absolute atomic E-state index is 13.1. The fourth-order valence-corrected chi connectivity index (χ4v) is 5.24. The van der Waals surface area contributed by atoms with Gasteiger partial charge in [-0.05, 0) is 50.2 Å². The molecule has 5 nitrogen and oxygen atoms in total. The topological polar surface area (TPSA) is 55.2 Å². The number of carbonyl (C=O) groups is 2. The Bertz CT molecular complexity index is 973. The van der Waals surface area contributed by atoms with Gasteiger partial charge < -0.3 is 0 Å². The zero-order chi connectivity index (χ0) is 18.9. The molecule has 0 spiro atoms. The Morgan fingerprint density at radius 3 is 2.26 bits per heavy atom. The van der Waals surface area contributed by atoms with Gasteiger partial charge >= 0.3 is 0 Å². The van der Waals surface area contributed by atoms with Crippen molar-refractivity contribution in [3.63, 3.8) is 0 Å². The van der Waals surface area contributed by atoms with Crippen LogP contribution in [0.3, 0.4) is 0 Å². The van der Waals surface area contributed by atoms with E-state index in [0.29, 0.717) is 12.2 Å². The van der Waals surface area contributed by atoms with Crippen LogP contribution in [-0.2, 0) is 16.1 Å². The highest BCUT2D eigenvalue weighted by atomic mass is 16.2. The van der Waals surface area contributed by atoms with Gasteiger partial charge in [-0.2, -0.15) is 5.10 Å². The second kappa shape index (κ2) is 5.65. The van der Waals surface area contributed by atoms with Gasteiger partial charge in [0, 0.05) is 0 Å². The van der Waals surface area contributed by atoms with E-state index in [1.165, 1.54) is 16.0 Å². The Labute approximate surface area is 158 Å². The molecule has 0 N–H and O–H groups in total. The predicted octanol–water partition coefficient (Wildman–Crippen LogP) is 3.17. The number of benzene rings is 1. The van der Waals surface area contributed by atoms with Gasteiger partial charge in [-0.3, -0.25) is 14.3 Å². The number of anilines is 1. The SMILES string of the molecule is Cc1ccccc1Cn1nc(C)c(N2C(=O)[C@@H]3[C@@H](C2=O)[C@H]2C=C[C@@H]3C2)c1C. The zero-order valence-electron chi connectivity index (χ0n) is 15.8. The summed E-state index contributed by atoms with van der Waals surface area (Å²) in [5.41, 5.74) is 4.69. The minimum atomic E-state index is -0.175. The van der Waals surface area contributed by atoms with Crippen molar-refractivity contribution in [1.82, 2.24) is 9.78 Å². The van der Waals surface area contributed by atoms with Crippen molar-refractivity contribution in [3.05, 3.63) is 58.9 Å². The number of fused-ring (bicyclic) bond motifs is 5. The second-order valence-electron chi connectivity index (χ2n) is 8.12. The van der Waals surface area contributed by atoms with E-state index >= 15 is 0 Å². The van der Waals surface area contributed by atoms with E-state index in [0.717, 1.165) is 17.8 Å². The fourth-order valence-electron chi connectivity index (χ4n) is 5.24. The van der Waals surface area contributed by atoms with Crippen LogP contribution in [0.1, 0.15) is 28.9 Å². The van der Waals surface area contributed by atoms with Crippen molar-refractivity contribution in [2.75, 3.05) is 4.90 Å². The minimum absolute atomic E-state index is 0.0384. The molecule has 2 heterocycles. The first kappa shape index (κ1) is 16.5. The lowest BCUT2D eigenvalue weighted by atomic mass is 9.85. The van der Waals surface area contributed by atoms with E-state index < -0.39 is 0 Å². The summed E-state index contributed by atoms with van der Waals surface area (Å²) in [6.07, 6.45) is 5.20. The van der Waals surface area contributed by atoms with E-state index in [-0.39, 0.29) is 35.5 Å². The zero-order valence-corrected chi connectivity index (χ0v) is 15.8. The van der Waals surface area contributed by atoms with Gasteiger partial charge in [0.15, 0.2) is 0 Å². The molecule has 138 valence electrons. The molecule has 3 aliphatic rings. The van der Waals surface area contributed by atoms with Crippen LogP contribution in [-0.4, -0.2) is 21.6 Å². The third-order valence-corrected chi connectivity index (χ3v) is 6.62. The van der Waals surface area contributed by atoms with Gasteiger partial charge in [0.2, 0.25) is 11.8 Å². The smallest absolute Gasteiger partial charge is 0.238 e. The molecule has 2 fully saturated rings. The fraction of sp³-hybridized carbons (Fsp3) is 0.409. The Hall–Kier alpha value is -2.69. The van der Waals surface area contributed by atoms with E-state index in [1.54, 1.807) is 0 Å². The van der Waals surface area contributed by atoms with Crippen LogP contribution in [0.4, 0.5) is 5.69 Å². The third kappa shape index (κ3) is 2.20. The largest absolute Gasteiger partial charge is 0.274 e. The molecule has 1 aliphatic heterocycles. The molecular formula is C22H23N3O2. The summed E-state index contributed by atoms with van der Waals surface area (Å²) in [6, 6.07) is 8.21. The summed E-state index contributed by atoms with van der Waals surface area (Å²) in [7, 11) is 0. The third-order valence-electron chi connectivity index (χ3n) is 6.62. The molecule has 1 saturated carbocycles. The maximum Gasteiger partial charge on any atom is 0.238 e.